The number of thioether (sulfide) groups is 1. The summed E-state index contributed by atoms with van der Waals surface area (Å²) in [5.41, 5.74) is 0.812. The minimum absolute atomic E-state index is 0.248. The molecule has 0 heterocycles. The molecule has 0 N–H and O–H groups in total. The number of thiocyanates is 1. The molecule has 1 aromatic carbocycles. The van der Waals surface area contributed by atoms with Gasteiger partial charge in [-0.3, -0.25) is 0 Å². The van der Waals surface area contributed by atoms with Crippen molar-refractivity contribution in [2.75, 3.05) is 5.94 Å². The van der Waals surface area contributed by atoms with Gasteiger partial charge in [-0.25, -0.2) is 0 Å². The molecule has 0 spiro atoms. The number of thiocarbonyl (C=S) groups is 1. The summed E-state index contributed by atoms with van der Waals surface area (Å²) >= 11 is 12.8. The van der Waals surface area contributed by atoms with Gasteiger partial charge in [-0.2, -0.15) is 5.26 Å². The Hall–Kier alpha value is -0.0900. The van der Waals surface area contributed by atoms with E-state index >= 15 is 0 Å². The van der Waals surface area contributed by atoms with Gasteiger partial charge in [0, 0.05) is 14.5 Å². The van der Waals surface area contributed by atoms with Crippen LogP contribution in [0, 0.1) is 10.7 Å². The van der Waals surface area contributed by atoms with Gasteiger partial charge in [0.1, 0.15) is 11.3 Å². The number of ether oxygens (including phenoxy) is 1. The lowest BCUT2D eigenvalue weighted by Gasteiger charge is -2.07. The summed E-state index contributed by atoms with van der Waals surface area (Å²) in [5.74, 6) is 0.248. The first kappa shape index (κ1) is 13.0. The Bertz CT molecular complexity index is 417. The maximum Gasteiger partial charge on any atom is 0.193 e. The van der Waals surface area contributed by atoms with Crippen LogP contribution in [0.2, 0.25) is 0 Å². The lowest BCUT2D eigenvalue weighted by Crippen LogP contribution is -2.03. The van der Waals surface area contributed by atoms with Gasteiger partial charge < -0.3 is 4.74 Å². The molecule has 0 saturated carbocycles. The van der Waals surface area contributed by atoms with Crippen LogP contribution in [0.25, 0.3) is 0 Å². The molecule has 0 amide bonds. The topological polar surface area (TPSA) is 33.0 Å². The minimum atomic E-state index is 0.248. The number of hydrogen-bond acceptors (Lipinski definition) is 4. The maximum atomic E-state index is 8.31. The summed E-state index contributed by atoms with van der Waals surface area (Å²) in [6.45, 7) is 0. The smallest absolute Gasteiger partial charge is 0.193 e. The highest BCUT2D eigenvalue weighted by molar-refractivity contribution is 9.11. The van der Waals surface area contributed by atoms with Gasteiger partial charge in [-0.15, -0.1) is 0 Å². The standard InChI is InChI=1S/C9H5Br2NOS2/c10-6-1-2-7(8(11)3-6)9(14)13-5-15-4-12/h1-3H,5H2. The summed E-state index contributed by atoms with van der Waals surface area (Å²) in [6, 6.07) is 5.63. The van der Waals surface area contributed by atoms with Gasteiger partial charge in [0.15, 0.2) is 5.05 Å². The van der Waals surface area contributed by atoms with Crippen LogP contribution in [0.15, 0.2) is 27.1 Å². The fourth-order valence-electron chi connectivity index (χ4n) is 0.842. The predicted molar refractivity (Wildman–Crippen MR) is 72.7 cm³/mol. The van der Waals surface area contributed by atoms with Crippen LogP contribution >= 0.6 is 55.8 Å². The van der Waals surface area contributed by atoms with Crippen molar-refractivity contribution in [2.45, 2.75) is 0 Å². The van der Waals surface area contributed by atoms with Crippen molar-refractivity contribution in [1.82, 2.24) is 0 Å². The molecule has 0 fully saturated rings. The SMILES string of the molecule is N#CSCOC(=S)c1ccc(Br)cc1Br. The normalized spacial score (nSPS) is 9.40. The number of benzene rings is 1. The van der Waals surface area contributed by atoms with Gasteiger partial charge in [0.2, 0.25) is 0 Å². The summed E-state index contributed by atoms with van der Waals surface area (Å²) in [7, 11) is 0. The fourth-order valence-corrected chi connectivity index (χ4v) is 2.74. The minimum Gasteiger partial charge on any atom is -0.471 e. The zero-order valence-corrected chi connectivity index (χ0v) is 12.2. The Morgan fingerprint density at radius 1 is 1.53 bits per heavy atom. The van der Waals surface area contributed by atoms with Crippen LogP contribution in [-0.4, -0.2) is 11.0 Å². The second-order valence-corrected chi connectivity index (χ2v) is 5.26. The van der Waals surface area contributed by atoms with Crippen LogP contribution in [0.5, 0.6) is 0 Å². The van der Waals surface area contributed by atoms with Crippen molar-refractivity contribution in [3.8, 4) is 5.40 Å². The van der Waals surface area contributed by atoms with Crippen LogP contribution in [0.1, 0.15) is 5.56 Å². The second kappa shape index (κ2) is 6.48. The van der Waals surface area contributed by atoms with E-state index in [9.17, 15) is 0 Å². The van der Waals surface area contributed by atoms with Crippen molar-refractivity contribution in [2.24, 2.45) is 0 Å². The van der Waals surface area contributed by atoms with E-state index in [4.69, 9.17) is 22.2 Å². The molecular formula is C9H5Br2NOS2. The van der Waals surface area contributed by atoms with Crippen LogP contribution in [0.3, 0.4) is 0 Å². The third kappa shape index (κ3) is 4.11. The Balaban J connectivity index is 2.70. The Labute approximate surface area is 114 Å². The van der Waals surface area contributed by atoms with E-state index in [0.717, 1.165) is 26.3 Å². The van der Waals surface area contributed by atoms with Crippen LogP contribution in [0.4, 0.5) is 0 Å². The van der Waals surface area contributed by atoms with Crippen molar-refractivity contribution in [3.63, 3.8) is 0 Å². The molecule has 0 aromatic heterocycles. The zero-order chi connectivity index (χ0) is 11.3. The van der Waals surface area contributed by atoms with E-state index in [1.165, 1.54) is 0 Å². The summed E-state index contributed by atoms with van der Waals surface area (Å²) in [6.07, 6.45) is 0. The van der Waals surface area contributed by atoms with Crippen LogP contribution in [-0.2, 0) is 4.74 Å². The quantitative estimate of drug-likeness (QED) is 0.349. The highest BCUT2D eigenvalue weighted by Gasteiger charge is 2.07. The Morgan fingerprint density at radius 2 is 2.27 bits per heavy atom. The van der Waals surface area contributed by atoms with Crippen molar-refractivity contribution < 1.29 is 4.74 Å². The average Bonchev–Trinajstić information content (AvgIpc) is 2.17. The van der Waals surface area contributed by atoms with Crippen molar-refractivity contribution >= 4 is 60.9 Å². The average molecular weight is 367 g/mol. The van der Waals surface area contributed by atoms with E-state index in [2.05, 4.69) is 31.9 Å². The first-order valence-corrected chi connectivity index (χ1v) is 6.76. The van der Waals surface area contributed by atoms with Crippen molar-refractivity contribution in [1.29, 1.82) is 5.26 Å². The van der Waals surface area contributed by atoms with E-state index in [1.807, 2.05) is 23.6 Å². The molecule has 1 rings (SSSR count). The van der Waals surface area contributed by atoms with Gasteiger partial charge in [-0.05, 0) is 58.1 Å². The molecule has 0 radical (unpaired) electrons. The third-order valence-corrected chi connectivity index (χ3v) is 3.32. The lowest BCUT2D eigenvalue weighted by molar-refractivity contribution is 0.393. The summed E-state index contributed by atoms with van der Waals surface area (Å²) in [5, 5.41) is 10.6. The second-order valence-electron chi connectivity index (χ2n) is 2.41. The number of nitrogens with zero attached hydrogens (tertiary/aromatic N) is 1. The maximum absolute atomic E-state index is 8.31. The monoisotopic (exact) mass is 365 g/mol. The zero-order valence-electron chi connectivity index (χ0n) is 7.37. The van der Waals surface area contributed by atoms with E-state index in [-0.39, 0.29) is 5.94 Å². The van der Waals surface area contributed by atoms with Gasteiger partial charge in [0.25, 0.3) is 0 Å². The third-order valence-electron chi connectivity index (χ3n) is 1.46. The lowest BCUT2D eigenvalue weighted by atomic mass is 10.2. The highest BCUT2D eigenvalue weighted by atomic mass is 79.9. The molecule has 0 bridgehead atoms. The first-order chi connectivity index (χ1) is 7.15. The van der Waals surface area contributed by atoms with Gasteiger partial charge in [-0.1, -0.05) is 15.9 Å². The highest BCUT2D eigenvalue weighted by Crippen LogP contribution is 2.23. The summed E-state index contributed by atoms with van der Waals surface area (Å²) in [4.78, 5) is 0. The molecule has 0 aliphatic carbocycles. The summed E-state index contributed by atoms with van der Waals surface area (Å²) < 4.78 is 7.05. The number of hydrogen-bond donors (Lipinski definition) is 0. The molecule has 0 aliphatic rings. The van der Waals surface area contributed by atoms with E-state index in [1.54, 1.807) is 0 Å². The predicted octanol–water partition coefficient (Wildman–Crippen LogP) is 4.08. The molecule has 15 heavy (non-hydrogen) atoms. The molecular weight excluding hydrogens is 362 g/mol. The molecule has 1 aromatic rings. The Morgan fingerprint density at radius 3 is 2.87 bits per heavy atom. The molecule has 0 saturated heterocycles. The largest absolute Gasteiger partial charge is 0.471 e. The van der Waals surface area contributed by atoms with E-state index < -0.39 is 0 Å². The number of rotatable bonds is 3. The number of nitriles is 1. The van der Waals surface area contributed by atoms with Crippen LogP contribution < -0.4 is 0 Å². The fraction of sp³-hybridized carbons (Fsp3) is 0.111. The van der Waals surface area contributed by atoms with Gasteiger partial charge in [0.05, 0.1) is 0 Å². The molecule has 78 valence electrons. The molecule has 6 heteroatoms. The van der Waals surface area contributed by atoms with E-state index in [0.29, 0.717) is 5.05 Å². The molecule has 0 atom stereocenters. The van der Waals surface area contributed by atoms with Crippen molar-refractivity contribution in [3.05, 3.63) is 32.7 Å². The van der Waals surface area contributed by atoms with Gasteiger partial charge >= 0.3 is 0 Å². The first-order valence-electron chi connectivity index (χ1n) is 3.78. The number of halogens is 2. The molecule has 0 aliphatic heterocycles. The molecule has 0 unspecified atom stereocenters. The molecule has 2 nitrogen and oxygen atoms in total. The Kier molecular flexibility index (Phi) is 5.61.